The molecule has 1 heterocycles. The first-order chi connectivity index (χ1) is 19.9. The quantitative estimate of drug-likeness (QED) is 0.258. The van der Waals surface area contributed by atoms with Gasteiger partial charge in [-0.2, -0.15) is 0 Å². The molecule has 1 aliphatic rings. The molecule has 222 valence electrons. The van der Waals surface area contributed by atoms with Crippen molar-refractivity contribution in [3.05, 3.63) is 88.4 Å². The van der Waals surface area contributed by atoms with Crippen molar-refractivity contribution in [1.29, 1.82) is 0 Å². The fraction of sp³-hybridized carbons (Fsp3) is 0.344. The molecule has 0 saturated heterocycles. The second kappa shape index (κ2) is 12.5. The van der Waals surface area contributed by atoms with Crippen LogP contribution in [0.25, 0.3) is 0 Å². The largest absolute Gasteiger partial charge is 0.488 e. The molecule has 0 bridgehead atoms. The first-order valence-corrected chi connectivity index (χ1v) is 13.9. The monoisotopic (exact) mass is 598 g/mol. The van der Waals surface area contributed by atoms with E-state index < -0.39 is 46.8 Å². The van der Waals surface area contributed by atoms with Gasteiger partial charge in [-0.05, 0) is 81.6 Å². The van der Waals surface area contributed by atoms with Crippen LogP contribution in [-0.4, -0.2) is 37.5 Å². The van der Waals surface area contributed by atoms with Crippen LogP contribution in [0.5, 0.6) is 5.75 Å². The van der Waals surface area contributed by atoms with Crippen LogP contribution in [0.4, 0.5) is 20.2 Å². The minimum atomic E-state index is -1.03. The number of para-hydroxylation sites is 1. The second-order valence-electron chi connectivity index (χ2n) is 10.9. The summed E-state index contributed by atoms with van der Waals surface area (Å²) in [5.41, 5.74) is 0.835. The number of amides is 2. The average molecular weight is 599 g/mol. The number of halogens is 3. The van der Waals surface area contributed by atoms with Crippen molar-refractivity contribution in [3.8, 4) is 5.75 Å². The Morgan fingerprint density at radius 3 is 2.26 bits per heavy atom. The SMILES string of the molecule is COC(=O)C(C)(C)CCOc1c(F)cc(C(=O)N2c3ccccc3[C@H](N(C(C)=O)c3ccc(Cl)cc3)C[C@@H]2C)cc1F. The average Bonchev–Trinajstić information content (AvgIpc) is 2.94. The minimum Gasteiger partial charge on any atom is -0.488 e. The molecule has 0 spiro atoms. The third kappa shape index (κ3) is 6.26. The van der Waals surface area contributed by atoms with E-state index in [0.717, 1.165) is 17.7 Å². The molecule has 3 aromatic carbocycles. The van der Waals surface area contributed by atoms with Crippen molar-refractivity contribution in [2.45, 2.75) is 52.6 Å². The lowest BCUT2D eigenvalue weighted by Crippen LogP contribution is -2.47. The van der Waals surface area contributed by atoms with Crippen molar-refractivity contribution < 1.29 is 32.6 Å². The Balaban J connectivity index is 1.62. The van der Waals surface area contributed by atoms with Gasteiger partial charge in [0.25, 0.3) is 5.91 Å². The molecular weight excluding hydrogens is 566 g/mol. The molecule has 7 nitrogen and oxygen atoms in total. The Labute approximate surface area is 249 Å². The molecule has 2 amide bonds. The van der Waals surface area contributed by atoms with Crippen molar-refractivity contribution in [1.82, 2.24) is 0 Å². The van der Waals surface area contributed by atoms with E-state index in [9.17, 15) is 14.4 Å². The summed E-state index contributed by atoms with van der Waals surface area (Å²) in [4.78, 5) is 41.7. The third-order valence-corrected chi connectivity index (χ3v) is 7.74. The molecule has 10 heteroatoms. The molecule has 0 radical (unpaired) electrons. The number of carbonyl (C=O) groups excluding carboxylic acids is 3. The highest BCUT2D eigenvalue weighted by atomic mass is 35.5. The summed E-state index contributed by atoms with van der Waals surface area (Å²) in [6.07, 6.45) is 0.545. The summed E-state index contributed by atoms with van der Waals surface area (Å²) in [7, 11) is 1.26. The lowest BCUT2D eigenvalue weighted by atomic mass is 9.89. The van der Waals surface area contributed by atoms with Crippen molar-refractivity contribution >= 4 is 40.8 Å². The zero-order valence-electron chi connectivity index (χ0n) is 24.1. The first-order valence-electron chi connectivity index (χ1n) is 13.5. The van der Waals surface area contributed by atoms with E-state index in [4.69, 9.17) is 21.1 Å². The second-order valence-corrected chi connectivity index (χ2v) is 11.4. The minimum absolute atomic E-state index is 0.137. The number of fused-ring (bicyclic) bond motifs is 1. The maximum absolute atomic E-state index is 15.1. The molecule has 0 aromatic heterocycles. The van der Waals surface area contributed by atoms with Gasteiger partial charge in [0.1, 0.15) is 0 Å². The van der Waals surface area contributed by atoms with E-state index in [1.807, 2.05) is 19.1 Å². The number of esters is 1. The molecule has 0 N–H and O–H groups in total. The topological polar surface area (TPSA) is 76.2 Å². The highest BCUT2D eigenvalue weighted by Gasteiger charge is 2.38. The first kappa shape index (κ1) is 31.0. The van der Waals surface area contributed by atoms with Crippen molar-refractivity contribution in [3.63, 3.8) is 0 Å². The molecule has 4 rings (SSSR count). The summed E-state index contributed by atoms with van der Waals surface area (Å²) in [5, 5.41) is 0.539. The van der Waals surface area contributed by atoms with Gasteiger partial charge in [-0.15, -0.1) is 0 Å². The van der Waals surface area contributed by atoms with Crippen LogP contribution in [0, 0.1) is 17.0 Å². The van der Waals surface area contributed by atoms with Gasteiger partial charge in [-0.1, -0.05) is 29.8 Å². The predicted octanol–water partition coefficient (Wildman–Crippen LogP) is 7.12. The van der Waals surface area contributed by atoms with E-state index >= 15 is 8.78 Å². The maximum atomic E-state index is 15.1. The van der Waals surface area contributed by atoms with E-state index in [1.54, 1.807) is 55.1 Å². The van der Waals surface area contributed by atoms with Gasteiger partial charge in [0.15, 0.2) is 17.4 Å². The molecule has 0 unspecified atom stereocenters. The van der Waals surface area contributed by atoms with Crippen molar-refractivity contribution in [2.75, 3.05) is 23.5 Å². The molecule has 0 aliphatic carbocycles. The van der Waals surface area contributed by atoms with Gasteiger partial charge in [-0.25, -0.2) is 8.78 Å². The summed E-state index contributed by atoms with van der Waals surface area (Å²) in [6, 6.07) is 15.2. The van der Waals surface area contributed by atoms with Crippen LogP contribution in [-0.2, 0) is 14.3 Å². The Hall–Kier alpha value is -3.98. The molecule has 3 aromatic rings. The summed E-state index contributed by atoms with van der Waals surface area (Å²) in [5.74, 6) is -3.93. The Kier molecular flexibility index (Phi) is 9.21. The number of ether oxygens (including phenoxy) is 2. The number of carbonyl (C=O) groups is 3. The molecule has 2 atom stereocenters. The number of methoxy groups -OCH3 is 1. The highest BCUT2D eigenvalue weighted by Crippen LogP contribution is 2.43. The van der Waals surface area contributed by atoms with Crippen LogP contribution in [0.15, 0.2) is 60.7 Å². The van der Waals surface area contributed by atoms with Crippen LogP contribution in [0.3, 0.4) is 0 Å². The standard InChI is InChI=1S/C32H33ClF2N2O5/c1-19-16-28(37(20(2)38)23-12-10-22(33)11-13-23)24-8-6-7-9-27(24)36(19)30(39)21-17-25(34)29(26(35)18-21)42-15-14-32(3,4)31(40)41-5/h6-13,17-19,28H,14-16H2,1-5H3/t19-,28+/m0/s1. The maximum Gasteiger partial charge on any atom is 0.311 e. The van der Waals surface area contributed by atoms with Crippen LogP contribution in [0.1, 0.15) is 62.5 Å². The van der Waals surface area contributed by atoms with E-state index in [-0.39, 0.29) is 24.5 Å². The fourth-order valence-electron chi connectivity index (χ4n) is 5.27. The highest BCUT2D eigenvalue weighted by molar-refractivity contribution is 6.30. The summed E-state index contributed by atoms with van der Waals surface area (Å²) < 4.78 is 40.2. The smallest absolute Gasteiger partial charge is 0.311 e. The lowest BCUT2D eigenvalue weighted by molar-refractivity contribution is -0.151. The number of rotatable bonds is 8. The lowest BCUT2D eigenvalue weighted by Gasteiger charge is -2.43. The van der Waals surface area contributed by atoms with Gasteiger partial charge in [0.05, 0.1) is 25.2 Å². The molecule has 42 heavy (non-hydrogen) atoms. The number of hydrogen-bond acceptors (Lipinski definition) is 5. The number of nitrogens with zero attached hydrogens (tertiary/aromatic N) is 2. The fourth-order valence-corrected chi connectivity index (χ4v) is 5.39. The van der Waals surface area contributed by atoms with Gasteiger partial charge in [0, 0.05) is 34.9 Å². The Morgan fingerprint density at radius 2 is 1.67 bits per heavy atom. The molecular formula is C32H33ClF2N2O5. The van der Waals surface area contributed by atoms with E-state index in [2.05, 4.69) is 0 Å². The number of benzene rings is 3. The summed E-state index contributed by atoms with van der Waals surface area (Å²) in [6.45, 7) is 6.45. The third-order valence-electron chi connectivity index (χ3n) is 7.49. The Morgan fingerprint density at radius 1 is 1.05 bits per heavy atom. The van der Waals surface area contributed by atoms with Crippen molar-refractivity contribution in [2.24, 2.45) is 5.41 Å². The van der Waals surface area contributed by atoms with E-state index in [1.165, 1.54) is 18.9 Å². The van der Waals surface area contributed by atoms with Crippen LogP contribution >= 0.6 is 11.6 Å². The molecule has 0 fully saturated rings. The number of anilines is 2. The molecule has 1 aliphatic heterocycles. The van der Waals surface area contributed by atoms with Crippen LogP contribution in [0.2, 0.25) is 5.02 Å². The van der Waals surface area contributed by atoms with Gasteiger partial charge < -0.3 is 19.3 Å². The number of hydrogen-bond donors (Lipinski definition) is 0. The zero-order valence-corrected chi connectivity index (χ0v) is 24.9. The zero-order chi connectivity index (χ0) is 30.8. The Bertz CT molecular complexity index is 1470. The van der Waals surface area contributed by atoms with Gasteiger partial charge in [0.2, 0.25) is 5.91 Å². The van der Waals surface area contributed by atoms with E-state index in [0.29, 0.717) is 22.8 Å². The molecule has 0 saturated carbocycles. The summed E-state index contributed by atoms with van der Waals surface area (Å²) >= 11 is 6.06. The predicted molar refractivity (Wildman–Crippen MR) is 157 cm³/mol. The van der Waals surface area contributed by atoms with Gasteiger partial charge in [-0.3, -0.25) is 14.4 Å². The normalized spacial score (nSPS) is 16.4. The van der Waals surface area contributed by atoms with Gasteiger partial charge >= 0.3 is 5.97 Å². The van der Waals surface area contributed by atoms with Crippen LogP contribution < -0.4 is 14.5 Å².